The van der Waals surface area contributed by atoms with E-state index in [0.717, 1.165) is 29.4 Å². The number of thiazole rings is 1. The molecule has 0 bridgehead atoms. The smallest absolute Gasteiger partial charge is 0.343 e. The minimum Gasteiger partial charge on any atom is -0.494 e. The molecule has 0 amide bonds. The van der Waals surface area contributed by atoms with Gasteiger partial charge in [0.2, 0.25) is 5.13 Å². The van der Waals surface area contributed by atoms with Gasteiger partial charge in [-0.1, -0.05) is 68.2 Å². The van der Waals surface area contributed by atoms with Crippen molar-refractivity contribution < 1.29 is 18.7 Å². The van der Waals surface area contributed by atoms with E-state index in [1.54, 1.807) is 42.5 Å². The lowest BCUT2D eigenvalue weighted by Gasteiger charge is -2.10. The molecule has 0 atom stereocenters. The lowest BCUT2D eigenvalue weighted by atomic mass is 10.1. The number of carbonyl (C=O) groups excluding carboxylic acids is 1. The molecule has 0 unspecified atom stereocenters. The van der Waals surface area contributed by atoms with Crippen LogP contribution >= 0.6 is 11.3 Å². The Labute approximate surface area is 230 Å². The molecule has 0 aliphatic rings. The SMILES string of the molecule is CCCCCCCOc1ccc(C(=O)Oc2ccc(N=Nc3nc4ccc(F)cc4s3)c3ccccc23)cc1. The van der Waals surface area contributed by atoms with Crippen molar-refractivity contribution in [2.45, 2.75) is 39.0 Å². The Kier molecular flexibility index (Phi) is 8.53. The summed E-state index contributed by atoms with van der Waals surface area (Å²) in [5.41, 5.74) is 1.71. The third-order valence-electron chi connectivity index (χ3n) is 6.25. The number of azo groups is 1. The molecule has 0 saturated heterocycles. The Morgan fingerprint density at radius 2 is 1.69 bits per heavy atom. The first-order chi connectivity index (χ1) is 19.1. The number of halogens is 1. The number of unbranched alkanes of at least 4 members (excludes halogenated alkanes) is 4. The van der Waals surface area contributed by atoms with E-state index in [1.165, 1.54) is 42.7 Å². The zero-order valence-corrected chi connectivity index (χ0v) is 22.4. The van der Waals surface area contributed by atoms with Crippen LogP contribution in [0.1, 0.15) is 49.4 Å². The van der Waals surface area contributed by atoms with Crippen LogP contribution in [0.3, 0.4) is 0 Å². The van der Waals surface area contributed by atoms with E-state index in [9.17, 15) is 9.18 Å². The van der Waals surface area contributed by atoms with Crippen LogP contribution in [0.15, 0.2) is 89.1 Å². The zero-order valence-electron chi connectivity index (χ0n) is 21.6. The Hall–Kier alpha value is -4.17. The van der Waals surface area contributed by atoms with Gasteiger partial charge < -0.3 is 9.47 Å². The van der Waals surface area contributed by atoms with Crippen molar-refractivity contribution in [1.29, 1.82) is 0 Å². The van der Waals surface area contributed by atoms with Crippen molar-refractivity contribution in [1.82, 2.24) is 4.98 Å². The van der Waals surface area contributed by atoms with Crippen LogP contribution in [0.25, 0.3) is 21.0 Å². The van der Waals surface area contributed by atoms with Gasteiger partial charge in [-0.3, -0.25) is 0 Å². The number of carbonyl (C=O) groups is 1. The summed E-state index contributed by atoms with van der Waals surface area (Å²) in [6.45, 7) is 2.87. The molecule has 8 heteroatoms. The van der Waals surface area contributed by atoms with E-state index in [-0.39, 0.29) is 5.82 Å². The van der Waals surface area contributed by atoms with Gasteiger partial charge in [-0.05, 0) is 61.0 Å². The summed E-state index contributed by atoms with van der Waals surface area (Å²) in [6, 6.07) is 22.4. The second kappa shape index (κ2) is 12.6. The molecule has 0 N–H and O–H groups in total. The zero-order chi connectivity index (χ0) is 27.0. The fourth-order valence-electron chi connectivity index (χ4n) is 4.20. The summed E-state index contributed by atoms with van der Waals surface area (Å²) in [5, 5.41) is 10.6. The van der Waals surface area contributed by atoms with Gasteiger partial charge in [0.1, 0.15) is 17.3 Å². The molecule has 39 heavy (non-hydrogen) atoms. The maximum absolute atomic E-state index is 13.5. The van der Waals surface area contributed by atoms with E-state index in [1.807, 2.05) is 24.3 Å². The normalized spacial score (nSPS) is 11.4. The molecule has 4 aromatic carbocycles. The molecule has 0 spiro atoms. The molecule has 0 aliphatic carbocycles. The van der Waals surface area contributed by atoms with Gasteiger partial charge in [0, 0.05) is 10.8 Å². The number of ether oxygens (including phenoxy) is 2. The van der Waals surface area contributed by atoms with Crippen molar-refractivity contribution in [2.75, 3.05) is 6.61 Å². The molecular formula is C31H28FN3O3S. The van der Waals surface area contributed by atoms with Crippen molar-refractivity contribution in [3.8, 4) is 11.5 Å². The summed E-state index contributed by atoms with van der Waals surface area (Å²) >= 11 is 1.26. The van der Waals surface area contributed by atoms with Gasteiger partial charge >= 0.3 is 5.97 Å². The highest BCUT2D eigenvalue weighted by atomic mass is 32.1. The predicted molar refractivity (Wildman–Crippen MR) is 153 cm³/mol. The highest BCUT2D eigenvalue weighted by molar-refractivity contribution is 7.21. The fourth-order valence-corrected chi connectivity index (χ4v) is 5.01. The quantitative estimate of drug-likeness (QED) is 0.0722. The average Bonchev–Trinajstić information content (AvgIpc) is 3.36. The van der Waals surface area contributed by atoms with Gasteiger partial charge in [-0.2, -0.15) is 0 Å². The Morgan fingerprint density at radius 3 is 2.51 bits per heavy atom. The van der Waals surface area contributed by atoms with Gasteiger partial charge in [-0.25, -0.2) is 14.2 Å². The fraction of sp³-hybridized carbons (Fsp3) is 0.226. The number of fused-ring (bicyclic) bond motifs is 2. The number of aromatic nitrogens is 1. The van der Waals surface area contributed by atoms with E-state index in [4.69, 9.17) is 9.47 Å². The molecule has 0 radical (unpaired) electrons. The summed E-state index contributed by atoms with van der Waals surface area (Å²) in [6.07, 6.45) is 5.89. The van der Waals surface area contributed by atoms with Crippen LogP contribution in [0.4, 0.5) is 15.2 Å². The summed E-state index contributed by atoms with van der Waals surface area (Å²) in [4.78, 5) is 17.3. The number of rotatable bonds is 11. The van der Waals surface area contributed by atoms with Crippen LogP contribution in [0.2, 0.25) is 0 Å². The van der Waals surface area contributed by atoms with Gasteiger partial charge in [0.05, 0.1) is 28.1 Å². The summed E-state index contributed by atoms with van der Waals surface area (Å²) in [7, 11) is 0. The second-order valence-corrected chi connectivity index (χ2v) is 10.1. The highest BCUT2D eigenvalue weighted by Gasteiger charge is 2.13. The molecule has 198 valence electrons. The van der Waals surface area contributed by atoms with E-state index in [2.05, 4.69) is 22.1 Å². The summed E-state index contributed by atoms with van der Waals surface area (Å²) < 4.78 is 25.8. The number of hydrogen-bond acceptors (Lipinski definition) is 7. The topological polar surface area (TPSA) is 73.1 Å². The number of hydrogen-bond donors (Lipinski definition) is 0. The minimum atomic E-state index is -0.456. The van der Waals surface area contributed by atoms with Gasteiger partial charge in [-0.15, -0.1) is 10.2 Å². The predicted octanol–water partition coefficient (Wildman–Crippen LogP) is 9.57. The molecule has 6 nitrogen and oxygen atoms in total. The van der Waals surface area contributed by atoms with Crippen LogP contribution in [0.5, 0.6) is 11.5 Å². The lowest BCUT2D eigenvalue weighted by molar-refractivity contribution is 0.0737. The average molecular weight is 542 g/mol. The van der Waals surface area contributed by atoms with Crippen LogP contribution in [-0.4, -0.2) is 17.6 Å². The van der Waals surface area contributed by atoms with Crippen molar-refractivity contribution in [2.24, 2.45) is 10.2 Å². The summed E-state index contributed by atoms with van der Waals surface area (Å²) in [5.74, 6) is 0.392. The van der Waals surface area contributed by atoms with Crippen LogP contribution in [-0.2, 0) is 0 Å². The van der Waals surface area contributed by atoms with E-state index in [0.29, 0.717) is 39.0 Å². The Balaban J connectivity index is 1.27. The first-order valence-corrected chi connectivity index (χ1v) is 13.9. The molecule has 1 heterocycles. The molecule has 0 saturated carbocycles. The standard InChI is InChI=1S/C31H28FN3O3S/c1-2-3-4-5-8-19-37-23-14-11-21(12-15-23)30(36)38-28-18-17-26(24-9-6-7-10-25(24)28)34-35-31-33-27-16-13-22(32)20-29(27)39-31/h6-7,9-18,20H,2-5,8,19H2,1H3. The molecular weight excluding hydrogens is 513 g/mol. The highest BCUT2D eigenvalue weighted by Crippen LogP contribution is 2.36. The largest absolute Gasteiger partial charge is 0.494 e. The Morgan fingerprint density at radius 1 is 0.897 bits per heavy atom. The third-order valence-corrected chi connectivity index (χ3v) is 7.16. The maximum atomic E-state index is 13.5. The molecule has 5 aromatic rings. The van der Waals surface area contributed by atoms with Gasteiger partial charge in [0.25, 0.3) is 0 Å². The third kappa shape index (κ3) is 6.64. The monoisotopic (exact) mass is 541 g/mol. The van der Waals surface area contributed by atoms with Crippen molar-refractivity contribution in [3.05, 3.63) is 90.2 Å². The van der Waals surface area contributed by atoms with Crippen LogP contribution in [0, 0.1) is 5.82 Å². The number of nitrogens with zero attached hydrogens (tertiary/aromatic N) is 3. The maximum Gasteiger partial charge on any atom is 0.343 e. The van der Waals surface area contributed by atoms with Crippen molar-refractivity contribution >= 4 is 49.1 Å². The number of benzene rings is 4. The number of esters is 1. The van der Waals surface area contributed by atoms with E-state index < -0.39 is 5.97 Å². The molecule has 5 rings (SSSR count). The Bertz CT molecular complexity index is 1620. The van der Waals surface area contributed by atoms with E-state index >= 15 is 0 Å². The molecule has 0 aliphatic heterocycles. The van der Waals surface area contributed by atoms with Crippen LogP contribution < -0.4 is 9.47 Å². The first kappa shape index (κ1) is 26.4. The molecule has 0 fully saturated rings. The van der Waals surface area contributed by atoms with Gasteiger partial charge in [0.15, 0.2) is 0 Å². The minimum absolute atomic E-state index is 0.316. The second-order valence-electron chi connectivity index (χ2n) is 9.11. The van der Waals surface area contributed by atoms with Crippen molar-refractivity contribution in [3.63, 3.8) is 0 Å². The lowest BCUT2D eigenvalue weighted by Crippen LogP contribution is -2.08. The first-order valence-electron chi connectivity index (χ1n) is 13.1. The molecule has 1 aromatic heterocycles.